The first-order chi connectivity index (χ1) is 16.1. The van der Waals surface area contributed by atoms with Gasteiger partial charge in [-0.1, -0.05) is 23.4 Å². The fraction of sp³-hybridized carbons (Fsp3) is 0.130. The molecule has 0 fully saturated rings. The van der Waals surface area contributed by atoms with Gasteiger partial charge in [-0.3, -0.25) is 14.3 Å². The third kappa shape index (κ3) is 5.27. The van der Waals surface area contributed by atoms with Crippen LogP contribution in [-0.2, 0) is 4.79 Å². The van der Waals surface area contributed by atoms with E-state index in [4.69, 9.17) is 21.1 Å². The maximum absolute atomic E-state index is 12.7. The number of nitrogens with zero attached hydrogens (tertiary/aromatic N) is 4. The summed E-state index contributed by atoms with van der Waals surface area (Å²) >= 11 is 7.33. The number of hydrogen-bond acceptors (Lipinski definition) is 7. The van der Waals surface area contributed by atoms with Crippen LogP contribution >= 0.6 is 23.4 Å². The minimum absolute atomic E-state index is 0.119. The van der Waals surface area contributed by atoms with Crippen molar-refractivity contribution >= 4 is 35.0 Å². The number of aromatic nitrogens is 4. The van der Waals surface area contributed by atoms with E-state index in [1.807, 2.05) is 28.8 Å². The van der Waals surface area contributed by atoms with E-state index in [2.05, 4.69) is 20.5 Å². The molecule has 0 atom stereocenters. The van der Waals surface area contributed by atoms with Crippen LogP contribution < -0.4 is 14.8 Å². The number of anilines is 1. The third-order valence-electron chi connectivity index (χ3n) is 4.65. The van der Waals surface area contributed by atoms with E-state index in [0.717, 1.165) is 11.3 Å². The molecule has 0 unspecified atom stereocenters. The summed E-state index contributed by atoms with van der Waals surface area (Å²) in [6.45, 7) is 0. The van der Waals surface area contributed by atoms with Gasteiger partial charge in [-0.25, -0.2) is 0 Å². The summed E-state index contributed by atoms with van der Waals surface area (Å²) < 4.78 is 12.4. The van der Waals surface area contributed by atoms with Crippen LogP contribution in [0.15, 0.2) is 72.1 Å². The van der Waals surface area contributed by atoms with E-state index in [1.165, 1.54) is 18.9 Å². The molecule has 0 aliphatic rings. The second-order valence-corrected chi connectivity index (χ2v) is 8.14. The molecule has 2 heterocycles. The lowest BCUT2D eigenvalue weighted by molar-refractivity contribution is -0.113. The van der Waals surface area contributed by atoms with Crippen LogP contribution in [0.25, 0.3) is 17.1 Å². The lowest BCUT2D eigenvalue weighted by Gasteiger charge is -2.12. The highest BCUT2D eigenvalue weighted by Gasteiger charge is 2.18. The Hall–Kier alpha value is -3.56. The number of rotatable bonds is 8. The Morgan fingerprint density at radius 1 is 1.09 bits per heavy atom. The minimum atomic E-state index is -0.211. The van der Waals surface area contributed by atoms with E-state index < -0.39 is 0 Å². The normalized spacial score (nSPS) is 10.6. The first-order valence-corrected chi connectivity index (χ1v) is 11.2. The molecule has 0 saturated carbocycles. The molecule has 4 rings (SSSR count). The van der Waals surface area contributed by atoms with Gasteiger partial charge in [0.05, 0.1) is 25.7 Å². The SMILES string of the molecule is COc1ccc(NC(=O)CSc2nnc(-c3cccnc3)n2-c2ccc(Cl)cc2)c(OC)c1. The Morgan fingerprint density at radius 3 is 2.61 bits per heavy atom. The van der Waals surface area contributed by atoms with Gasteiger partial charge < -0.3 is 14.8 Å². The van der Waals surface area contributed by atoms with Crippen molar-refractivity contribution in [1.82, 2.24) is 19.7 Å². The number of halogens is 1. The summed E-state index contributed by atoms with van der Waals surface area (Å²) in [4.78, 5) is 16.8. The molecule has 0 radical (unpaired) electrons. The van der Waals surface area contributed by atoms with Crippen LogP contribution in [0.1, 0.15) is 0 Å². The zero-order chi connectivity index (χ0) is 23.2. The van der Waals surface area contributed by atoms with E-state index in [9.17, 15) is 4.79 Å². The maximum Gasteiger partial charge on any atom is 0.234 e. The fourth-order valence-electron chi connectivity index (χ4n) is 3.09. The number of ether oxygens (including phenoxy) is 2. The summed E-state index contributed by atoms with van der Waals surface area (Å²) in [6, 6.07) is 16.3. The number of methoxy groups -OCH3 is 2. The van der Waals surface area contributed by atoms with Crippen molar-refractivity contribution in [2.75, 3.05) is 25.3 Å². The molecule has 4 aromatic rings. The van der Waals surface area contributed by atoms with Gasteiger partial charge in [0.15, 0.2) is 11.0 Å². The monoisotopic (exact) mass is 481 g/mol. The Kier molecular flexibility index (Phi) is 7.11. The Morgan fingerprint density at radius 2 is 1.91 bits per heavy atom. The standard InChI is InChI=1S/C23H20ClN5O3S/c1-31-18-9-10-19(20(12-18)32-2)26-21(30)14-33-23-28-27-22(15-4-3-11-25-13-15)29(23)17-7-5-16(24)6-8-17/h3-13H,14H2,1-2H3,(H,26,30). The predicted molar refractivity (Wildman–Crippen MR) is 128 cm³/mol. The number of carbonyl (C=O) groups is 1. The smallest absolute Gasteiger partial charge is 0.234 e. The van der Waals surface area contributed by atoms with E-state index in [0.29, 0.717) is 33.2 Å². The number of nitrogens with one attached hydrogen (secondary N) is 1. The fourth-order valence-corrected chi connectivity index (χ4v) is 3.96. The highest BCUT2D eigenvalue weighted by atomic mass is 35.5. The van der Waals surface area contributed by atoms with Gasteiger partial charge in [0.2, 0.25) is 5.91 Å². The number of benzene rings is 2. The van der Waals surface area contributed by atoms with Crippen molar-refractivity contribution in [3.8, 4) is 28.6 Å². The molecule has 168 valence electrons. The van der Waals surface area contributed by atoms with Gasteiger partial charge in [-0.15, -0.1) is 10.2 Å². The van der Waals surface area contributed by atoms with Gasteiger partial charge in [0.25, 0.3) is 0 Å². The lowest BCUT2D eigenvalue weighted by atomic mass is 10.2. The van der Waals surface area contributed by atoms with Crippen molar-refractivity contribution in [3.63, 3.8) is 0 Å². The van der Waals surface area contributed by atoms with E-state index in [1.54, 1.807) is 49.8 Å². The number of pyridine rings is 1. The number of thioether (sulfide) groups is 1. The van der Waals surface area contributed by atoms with Crippen LogP contribution in [0, 0.1) is 0 Å². The molecule has 2 aromatic carbocycles. The summed E-state index contributed by atoms with van der Waals surface area (Å²) in [5, 5.41) is 12.7. The Balaban J connectivity index is 1.56. The number of amides is 1. The molecule has 0 spiro atoms. The van der Waals surface area contributed by atoms with Gasteiger partial charge in [0, 0.05) is 34.7 Å². The van der Waals surface area contributed by atoms with Crippen molar-refractivity contribution in [2.45, 2.75) is 5.16 Å². The molecule has 0 bridgehead atoms. The van der Waals surface area contributed by atoms with Gasteiger partial charge in [0.1, 0.15) is 11.5 Å². The summed E-state index contributed by atoms with van der Waals surface area (Å²) in [5.74, 6) is 1.67. The topological polar surface area (TPSA) is 91.2 Å². The summed E-state index contributed by atoms with van der Waals surface area (Å²) in [7, 11) is 3.11. The van der Waals surface area contributed by atoms with Crippen molar-refractivity contribution in [1.29, 1.82) is 0 Å². The molecule has 10 heteroatoms. The number of carbonyl (C=O) groups excluding carboxylic acids is 1. The minimum Gasteiger partial charge on any atom is -0.497 e. The predicted octanol–water partition coefficient (Wildman–Crippen LogP) is 4.73. The average Bonchev–Trinajstić information content (AvgIpc) is 3.28. The lowest BCUT2D eigenvalue weighted by Crippen LogP contribution is -2.15. The van der Waals surface area contributed by atoms with Crippen LogP contribution in [0.4, 0.5) is 5.69 Å². The molecule has 0 aliphatic carbocycles. The molecular weight excluding hydrogens is 462 g/mol. The number of hydrogen-bond donors (Lipinski definition) is 1. The summed E-state index contributed by atoms with van der Waals surface area (Å²) in [6.07, 6.45) is 3.41. The third-order valence-corrected chi connectivity index (χ3v) is 5.83. The molecule has 0 aliphatic heterocycles. The molecular formula is C23H20ClN5O3S. The molecule has 2 aromatic heterocycles. The van der Waals surface area contributed by atoms with Crippen LogP contribution in [0.2, 0.25) is 5.02 Å². The van der Waals surface area contributed by atoms with Crippen molar-refractivity contribution in [2.24, 2.45) is 0 Å². The quantitative estimate of drug-likeness (QED) is 0.364. The van der Waals surface area contributed by atoms with Gasteiger partial charge in [-0.2, -0.15) is 0 Å². The first-order valence-electron chi connectivity index (χ1n) is 9.85. The Bertz CT molecular complexity index is 1250. The first kappa shape index (κ1) is 22.6. The molecule has 33 heavy (non-hydrogen) atoms. The molecule has 1 N–H and O–H groups in total. The largest absolute Gasteiger partial charge is 0.497 e. The second kappa shape index (κ2) is 10.4. The van der Waals surface area contributed by atoms with Crippen LogP contribution in [0.5, 0.6) is 11.5 Å². The molecule has 1 amide bonds. The van der Waals surface area contributed by atoms with Crippen molar-refractivity contribution < 1.29 is 14.3 Å². The zero-order valence-corrected chi connectivity index (χ0v) is 19.4. The van der Waals surface area contributed by atoms with Gasteiger partial charge >= 0.3 is 0 Å². The maximum atomic E-state index is 12.7. The van der Waals surface area contributed by atoms with Crippen LogP contribution in [-0.4, -0.2) is 45.6 Å². The van der Waals surface area contributed by atoms with E-state index in [-0.39, 0.29) is 11.7 Å². The highest BCUT2D eigenvalue weighted by Crippen LogP contribution is 2.31. The van der Waals surface area contributed by atoms with Crippen molar-refractivity contribution in [3.05, 3.63) is 72.0 Å². The van der Waals surface area contributed by atoms with Crippen LogP contribution in [0.3, 0.4) is 0 Å². The zero-order valence-electron chi connectivity index (χ0n) is 17.9. The highest BCUT2D eigenvalue weighted by molar-refractivity contribution is 7.99. The molecule has 0 saturated heterocycles. The molecule has 8 nitrogen and oxygen atoms in total. The second-order valence-electron chi connectivity index (χ2n) is 6.76. The summed E-state index contributed by atoms with van der Waals surface area (Å²) in [5.41, 5.74) is 2.18. The van der Waals surface area contributed by atoms with E-state index >= 15 is 0 Å². The Labute approximate surface area is 199 Å². The average molecular weight is 482 g/mol. The van der Waals surface area contributed by atoms with Gasteiger partial charge in [-0.05, 0) is 48.5 Å².